The van der Waals surface area contributed by atoms with E-state index in [1.54, 1.807) is 0 Å². The Bertz CT molecular complexity index is 488. The highest BCUT2D eigenvalue weighted by molar-refractivity contribution is 6.99. The summed E-state index contributed by atoms with van der Waals surface area (Å²) in [6.45, 7) is 5.89. The Labute approximate surface area is 122 Å². The van der Waals surface area contributed by atoms with Crippen molar-refractivity contribution < 1.29 is 4.74 Å². The molecule has 2 atom stereocenters. The molecule has 4 nitrogen and oxygen atoms in total. The number of nitrogens with zero attached hydrogens (tertiary/aromatic N) is 3. The quantitative estimate of drug-likeness (QED) is 0.856. The highest BCUT2D eigenvalue weighted by Crippen LogP contribution is 2.39. The second-order valence-electron chi connectivity index (χ2n) is 5.17. The molecule has 0 amide bonds. The molecule has 19 heavy (non-hydrogen) atoms. The molecule has 0 radical (unpaired) electrons. The first kappa shape index (κ1) is 13.3. The highest BCUT2D eigenvalue weighted by Gasteiger charge is 2.32. The van der Waals surface area contributed by atoms with Crippen LogP contribution < -0.4 is 4.74 Å². The van der Waals surface area contributed by atoms with Crippen LogP contribution >= 0.6 is 23.3 Å². The number of fused-ring (bicyclic) bond motifs is 2. The summed E-state index contributed by atoms with van der Waals surface area (Å²) >= 11 is 7.78. The zero-order valence-corrected chi connectivity index (χ0v) is 12.6. The Morgan fingerprint density at radius 1 is 1.47 bits per heavy atom. The fourth-order valence-corrected chi connectivity index (χ4v) is 3.65. The molecule has 0 aliphatic carbocycles. The van der Waals surface area contributed by atoms with Crippen LogP contribution in [0.2, 0.25) is 0 Å². The van der Waals surface area contributed by atoms with Crippen LogP contribution in [-0.4, -0.2) is 39.9 Å². The Morgan fingerprint density at radius 3 is 3.21 bits per heavy atom. The average molecular weight is 300 g/mol. The van der Waals surface area contributed by atoms with Gasteiger partial charge in [0, 0.05) is 29.6 Å². The van der Waals surface area contributed by atoms with E-state index < -0.39 is 0 Å². The number of hydrogen-bond acceptors (Lipinski definition) is 5. The smallest absolute Gasteiger partial charge is 0.253 e. The second kappa shape index (κ2) is 5.77. The predicted molar refractivity (Wildman–Crippen MR) is 77.6 cm³/mol. The van der Waals surface area contributed by atoms with Gasteiger partial charge in [-0.25, -0.2) is 0 Å². The normalized spacial score (nSPS) is 26.6. The molecule has 3 rings (SSSR count). The van der Waals surface area contributed by atoms with E-state index in [0.717, 1.165) is 42.4 Å². The maximum absolute atomic E-state index is 6.58. The average Bonchev–Trinajstić information content (AvgIpc) is 2.89. The lowest BCUT2D eigenvalue weighted by Gasteiger charge is -2.38. The Kier molecular flexibility index (Phi) is 4.05. The van der Waals surface area contributed by atoms with Crippen LogP contribution in [0.3, 0.4) is 0 Å². The van der Waals surface area contributed by atoms with E-state index in [0.29, 0.717) is 18.4 Å². The van der Waals surface area contributed by atoms with E-state index >= 15 is 0 Å². The Balaban J connectivity index is 1.90. The molecule has 0 spiro atoms. The molecule has 1 aromatic heterocycles. The summed E-state index contributed by atoms with van der Waals surface area (Å²) in [5.41, 5.74) is 1.98. The van der Waals surface area contributed by atoms with Crippen LogP contribution in [-0.2, 0) is 0 Å². The van der Waals surface area contributed by atoms with Crippen molar-refractivity contribution in [1.29, 1.82) is 0 Å². The molecule has 104 valence electrons. The number of aromatic nitrogens is 2. The van der Waals surface area contributed by atoms with E-state index in [2.05, 4.69) is 20.6 Å². The van der Waals surface area contributed by atoms with Crippen molar-refractivity contribution in [1.82, 2.24) is 13.6 Å². The van der Waals surface area contributed by atoms with Gasteiger partial charge in [0.1, 0.15) is 5.69 Å². The fraction of sp³-hybridized carbons (Fsp3) is 0.692. The molecular formula is C13H18ClN3OS. The van der Waals surface area contributed by atoms with Gasteiger partial charge in [0.2, 0.25) is 0 Å². The molecule has 2 bridgehead atoms. The summed E-state index contributed by atoms with van der Waals surface area (Å²) in [6.07, 6.45) is 3.39. The minimum atomic E-state index is 0.472. The molecule has 0 N–H and O–H groups in total. The van der Waals surface area contributed by atoms with E-state index in [-0.39, 0.29) is 0 Å². The summed E-state index contributed by atoms with van der Waals surface area (Å²) in [6, 6.07) is 0. The summed E-state index contributed by atoms with van der Waals surface area (Å²) in [5, 5.41) is 0.977. The van der Waals surface area contributed by atoms with Gasteiger partial charge in [-0.1, -0.05) is 18.5 Å². The third-order valence-corrected chi connectivity index (χ3v) is 4.77. The van der Waals surface area contributed by atoms with Gasteiger partial charge in [-0.05, 0) is 25.8 Å². The summed E-state index contributed by atoms with van der Waals surface area (Å²) in [5.74, 6) is 1.13. The van der Waals surface area contributed by atoms with Crippen molar-refractivity contribution in [3.8, 4) is 5.88 Å². The van der Waals surface area contributed by atoms with Gasteiger partial charge in [-0.15, -0.1) is 4.37 Å². The predicted octanol–water partition coefficient (Wildman–Crippen LogP) is 3.00. The van der Waals surface area contributed by atoms with Crippen molar-refractivity contribution in [2.75, 3.05) is 26.2 Å². The van der Waals surface area contributed by atoms with Crippen LogP contribution in [0.25, 0.3) is 5.57 Å². The first-order valence-corrected chi connectivity index (χ1v) is 7.97. The monoisotopic (exact) mass is 299 g/mol. The van der Waals surface area contributed by atoms with Gasteiger partial charge >= 0.3 is 0 Å². The number of rotatable bonds is 4. The molecule has 2 aliphatic heterocycles. The lowest BCUT2D eigenvalue weighted by atomic mass is 9.90. The van der Waals surface area contributed by atoms with Gasteiger partial charge in [0.15, 0.2) is 0 Å². The van der Waals surface area contributed by atoms with Gasteiger partial charge < -0.3 is 4.74 Å². The van der Waals surface area contributed by atoms with Gasteiger partial charge in [0.25, 0.3) is 5.88 Å². The van der Waals surface area contributed by atoms with E-state index in [4.69, 9.17) is 16.3 Å². The molecule has 1 aromatic rings. The van der Waals surface area contributed by atoms with Crippen LogP contribution in [0, 0.1) is 5.92 Å². The number of piperidine rings is 1. The molecule has 1 fully saturated rings. The topological polar surface area (TPSA) is 38.3 Å². The van der Waals surface area contributed by atoms with Crippen LogP contribution in [0.1, 0.15) is 31.9 Å². The summed E-state index contributed by atoms with van der Waals surface area (Å²) < 4.78 is 14.3. The molecule has 1 saturated heterocycles. The molecule has 6 heteroatoms. The largest absolute Gasteiger partial charge is 0.475 e. The standard InChI is InChI=1S/C13H18ClN3OS/c1-2-6-18-13-12(15-19-16-13)10-8-17-5-3-4-9(7-17)11(10)14/h9H,2-8H2,1H3. The molecule has 2 aliphatic rings. The van der Waals surface area contributed by atoms with Crippen LogP contribution in [0.4, 0.5) is 0 Å². The number of ether oxygens (including phenoxy) is 1. The van der Waals surface area contributed by atoms with Gasteiger partial charge in [-0.3, -0.25) is 4.90 Å². The highest BCUT2D eigenvalue weighted by atomic mass is 35.5. The fourth-order valence-electron chi connectivity index (χ4n) is 2.80. The Hall–Kier alpha value is -0.650. The lowest BCUT2D eigenvalue weighted by Crippen LogP contribution is -2.40. The van der Waals surface area contributed by atoms with Crippen LogP contribution in [0.5, 0.6) is 5.88 Å². The van der Waals surface area contributed by atoms with E-state index in [1.165, 1.54) is 24.6 Å². The second-order valence-corrected chi connectivity index (χ2v) is 6.10. The zero-order chi connectivity index (χ0) is 13.2. The van der Waals surface area contributed by atoms with Crippen molar-refractivity contribution in [3.05, 3.63) is 10.7 Å². The van der Waals surface area contributed by atoms with Crippen molar-refractivity contribution in [2.24, 2.45) is 5.92 Å². The zero-order valence-electron chi connectivity index (χ0n) is 11.1. The minimum Gasteiger partial charge on any atom is -0.475 e. The summed E-state index contributed by atoms with van der Waals surface area (Å²) in [4.78, 5) is 2.46. The Morgan fingerprint density at radius 2 is 2.37 bits per heavy atom. The molecular weight excluding hydrogens is 282 g/mol. The summed E-state index contributed by atoms with van der Waals surface area (Å²) in [7, 11) is 0. The molecule has 0 aromatic carbocycles. The third kappa shape index (κ3) is 2.64. The van der Waals surface area contributed by atoms with Crippen molar-refractivity contribution in [2.45, 2.75) is 26.2 Å². The lowest BCUT2D eigenvalue weighted by molar-refractivity contribution is 0.204. The first-order chi connectivity index (χ1) is 9.29. The minimum absolute atomic E-state index is 0.472. The molecule has 0 saturated carbocycles. The van der Waals surface area contributed by atoms with E-state index in [9.17, 15) is 0 Å². The van der Waals surface area contributed by atoms with Crippen molar-refractivity contribution >= 4 is 28.9 Å². The first-order valence-electron chi connectivity index (χ1n) is 6.86. The SMILES string of the molecule is CCCOc1nsnc1C1=C(Cl)C2CCCN(C1)C2. The van der Waals surface area contributed by atoms with Gasteiger partial charge in [-0.2, -0.15) is 4.37 Å². The number of hydrogen-bond donors (Lipinski definition) is 0. The molecule has 3 heterocycles. The molecule has 2 unspecified atom stereocenters. The van der Waals surface area contributed by atoms with Crippen LogP contribution in [0.15, 0.2) is 5.03 Å². The van der Waals surface area contributed by atoms with E-state index in [1.807, 2.05) is 0 Å². The third-order valence-electron chi connectivity index (χ3n) is 3.72. The van der Waals surface area contributed by atoms with Crippen molar-refractivity contribution in [3.63, 3.8) is 0 Å². The maximum Gasteiger partial charge on any atom is 0.253 e. The van der Waals surface area contributed by atoms with Gasteiger partial charge in [0.05, 0.1) is 18.3 Å². The maximum atomic E-state index is 6.58. The number of halogens is 1.